The average Bonchev–Trinajstić information content (AvgIpc) is 3.12. The Labute approximate surface area is 146 Å². The molecule has 1 aliphatic rings. The maximum absolute atomic E-state index is 4.49. The van der Waals surface area contributed by atoms with Gasteiger partial charge in [0.25, 0.3) is 0 Å². The van der Waals surface area contributed by atoms with E-state index in [2.05, 4.69) is 44.9 Å². The Hall–Kier alpha value is -2.24. The van der Waals surface area contributed by atoms with E-state index in [1.54, 1.807) is 11.3 Å². The van der Waals surface area contributed by atoms with Crippen molar-refractivity contribution in [1.82, 2.24) is 15.3 Å². The van der Waals surface area contributed by atoms with E-state index in [1.165, 1.54) is 24.0 Å². The normalized spacial score (nSPS) is 17.6. The van der Waals surface area contributed by atoms with Crippen LogP contribution in [0.25, 0.3) is 10.4 Å². The fraction of sp³-hybridized carbons (Fsp3) is 0.263. The molecule has 1 fully saturated rings. The van der Waals surface area contributed by atoms with Crippen LogP contribution in [0.3, 0.4) is 0 Å². The molecule has 1 saturated heterocycles. The predicted octanol–water partition coefficient (Wildman–Crippen LogP) is 4.42. The van der Waals surface area contributed by atoms with E-state index in [9.17, 15) is 0 Å². The van der Waals surface area contributed by atoms with Gasteiger partial charge in [-0.2, -0.15) is 0 Å². The quantitative estimate of drug-likeness (QED) is 0.741. The molecule has 0 aliphatic carbocycles. The van der Waals surface area contributed by atoms with Crippen LogP contribution in [0.5, 0.6) is 0 Å². The summed E-state index contributed by atoms with van der Waals surface area (Å²) in [5.41, 5.74) is 2.54. The predicted molar refractivity (Wildman–Crippen MR) is 99.9 cm³/mol. The van der Waals surface area contributed by atoms with Crippen LogP contribution in [0.4, 0.5) is 10.9 Å². The molecule has 4 nitrogen and oxygen atoms in total. The van der Waals surface area contributed by atoms with Crippen molar-refractivity contribution in [2.45, 2.75) is 18.8 Å². The molecule has 3 heterocycles. The first-order valence-electron chi connectivity index (χ1n) is 8.33. The van der Waals surface area contributed by atoms with Crippen LogP contribution < -0.4 is 10.6 Å². The molecule has 0 spiro atoms. The van der Waals surface area contributed by atoms with Crippen molar-refractivity contribution >= 4 is 22.3 Å². The zero-order chi connectivity index (χ0) is 16.2. The van der Waals surface area contributed by atoms with Gasteiger partial charge in [0.1, 0.15) is 5.82 Å². The second-order valence-corrected chi connectivity index (χ2v) is 7.07. The number of nitrogens with one attached hydrogen (secondary N) is 2. The number of hydrogen-bond donors (Lipinski definition) is 2. The number of aromatic nitrogens is 2. The SMILES string of the molecule is c1ccc(-c2cnc(Nc3cc(C4CCCNC4)ccn3)s2)cc1. The molecule has 2 aromatic heterocycles. The first-order chi connectivity index (χ1) is 11.9. The van der Waals surface area contributed by atoms with Crippen molar-refractivity contribution in [3.8, 4) is 10.4 Å². The molecule has 1 aliphatic heterocycles. The van der Waals surface area contributed by atoms with Crippen LogP contribution in [-0.4, -0.2) is 23.1 Å². The van der Waals surface area contributed by atoms with Gasteiger partial charge < -0.3 is 10.6 Å². The summed E-state index contributed by atoms with van der Waals surface area (Å²) in [4.78, 5) is 10.1. The molecule has 1 unspecified atom stereocenters. The molecule has 0 saturated carbocycles. The minimum Gasteiger partial charge on any atom is -0.316 e. The van der Waals surface area contributed by atoms with E-state index in [4.69, 9.17) is 0 Å². The number of benzene rings is 1. The van der Waals surface area contributed by atoms with Crippen molar-refractivity contribution in [3.05, 3.63) is 60.4 Å². The summed E-state index contributed by atoms with van der Waals surface area (Å²) in [5, 5.41) is 7.70. The van der Waals surface area contributed by atoms with E-state index in [0.29, 0.717) is 5.92 Å². The van der Waals surface area contributed by atoms with Crippen LogP contribution in [-0.2, 0) is 0 Å². The maximum Gasteiger partial charge on any atom is 0.188 e. The first kappa shape index (κ1) is 15.3. The highest BCUT2D eigenvalue weighted by molar-refractivity contribution is 7.18. The lowest BCUT2D eigenvalue weighted by Crippen LogP contribution is -2.28. The van der Waals surface area contributed by atoms with Crippen LogP contribution in [0.15, 0.2) is 54.9 Å². The van der Waals surface area contributed by atoms with E-state index in [1.807, 2.05) is 30.6 Å². The lowest BCUT2D eigenvalue weighted by Gasteiger charge is -2.23. The van der Waals surface area contributed by atoms with Gasteiger partial charge in [0.15, 0.2) is 5.13 Å². The topological polar surface area (TPSA) is 49.8 Å². The second-order valence-electron chi connectivity index (χ2n) is 6.04. The molecular weight excluding hydrogens is 316 g/mol. The lowest BCUT2D eigenvalue weighted by atomic mass is 9.92. The Morgan fingerprint density at radius 2 is 2.04 bits per heavy atom. The van der Waals surface area contributed by atoms with Crippen LogP contribution in [0.1, 0.15) is 24.3 Å². The van der Waals surface area contributed by atoms with Crippen molar-refractivity contribution in [1.29, 1.82) is 0 Å². The monoisotopic (exact) mass is 336 g/mol. The van der Waals surface area contributed by atoms with Gasteiger partial charge in [0.2, 0.25) is 0 Å². The number of rotatable bonds is 4. The molecule has 0 amide bonds. The Balaban J connectivity index is 1.50. The van der Waals surface area contributed by atoms with Crippen molar-refractivity contribution in [2.75, 3.05) is 18.4 Å². The van der Waals surface area contributed by atoms with Gasteiger partial charge in [-0.1, -0.05) is 41.7 Å². The number of pyridine rings is 1. The summed E-state index contributed by atoms with van der Waals surface area (Å²) in [6.07, 6.45) is 6.28. The van der Waals surface area contributed by atoms with Gasteiger partial charge in [-0.3, -0.25) is 0 Å². The highest BCUT2D eigenvalue weighted by atomic mass is 32.1. The zero-order valence-electron chi connectivity index (χ0n) is 13.4. The second kappa shape index (κ2) is 7.11. The van der Waals surface area contributed by atoms with Gasteiger partial charge >= 0.3 is 0 Å². The molecule has 122 valence electrons. The van der Waals surface area contributed by atoms with E-state index >= 15 is 0 Å². The van der Waals surface area contributed by atoms with E-state index in [0.717, 1.165) is 28.9 Å². The number of hydrogen-bond acceptors (Lipinski definition) is 5. The highest BCUT2D eigenvalue weighted by Gasteiger charge is 2.15. The third-order valence-electron chi connectivity index (χ3n) is 4.35. The van der Waals surface area contributed by atoms with Crippen LogP contribution in [0.2, 0.25) is 0 Å². The van der Waals surface area contributed by atoms with Gasteiger partial charge in [-0.05, 0) is 48.6 Å². The maximum atomic E-state index is 4.49. The summed E-state index contributed by atoms with van der Waals surface area (Å²) in [5.74, 6) is 1.45. The smallest absolute Gasteiger partial charge is 0.188 e. The van der Waals surface area contributed by atoms with Crippen molar-refractivity contribution in [2.24, 2.45) is 0 Å². The molecule has 3 aromatic rings. The summed E-state index contributed by atoms with van der Waals surface area (Å²) in [6.45, 7) is 2.19. The largest absolute Gasteiger partial charge is 0.316 e. The molecule has 0 radical (unpaired) electrons. The third kappa shape index (κ3) is 3.47. The molecule has 0 bridgehead atoms. The molecule has 4 rings (SSSR count). The summed E-state index contributed by atoms with van der Waals surface area (Å²) >= 11 is 1.65. The molecular formula is C19H20N4S. The Morgan fingerprint density at radius 3 is 2.88 bits per heavy atom. The summed E-state index contributed by atoms with van der Waals surface area (Å²) < 4.78 is 0. The van der Waals surface area contributed by atoms with Crippen molar-refractivity contribution in [3.63, 3.8) is 0 Å². The molecule has 1 aromatic carbocycles. The molecule has 2 N–H and O–H groups in total. The van der Waals surface area contributed by atoms with Gasteiger partial charge in [-0.25, -0.2) is 9.97 Å². The summed E-state index contributed by atoms with van der Waals surface area (Å²) in [6, 6.07) is 14.6. The molecule has 24 heavy (non-hydrogen) atoms. The van der Waals surface area contributed by atoms with Crippen LogP contribution in [0, 0.1) is 0 Å². The third-order valence-corrected chi connectivity index (χ3v) is 5.31. The number of piperidine rings is 1. The average molecular weight is 336 g/mol. The van der Waals surface area contributed by atoms with Gasteiger partial charge in [0, 0.05) is 18.9 Å². The summed E-state index contributed by atoms with van der Waals surface area (Å²) in [7, 11) is 0. The Kier molecular flexibility index (Phi) is 4.53. The van der Waals surface area contributed by atoms with Crippen LogP contribution >= 0.6 is 11.3 Å². The molecule has 1 atom stereocenters. The standard InChI is InChI=1S/C19H20N4S/c1-2-5-14(6-3-1)17-13-22-19(24-17)23-18-11-15(8-10-21-18)16-7-4-9-20-12-16/h1-3,5-6,8,10-11,13,16,20H,4,7,9,12H2,(H,21,22,23). The lowest BCUT2D eigenvalue weighted by molar-refractivity contribution is 0.461. The van der Waals surface area contributed by atoms with Gasteiger partial charge in [0.05, 0.1) is 4.88 Å². The minimum absolute atomic E-state index is 0.582. The number of thiazole rings is 1. The van der Waals surface area contributed by atoms with E-state index < -0.39 is 0 Å². The fourth-order valence-electron chi connectivity index (χ4n) is 3.08. The first-order valence-corrected chi connectivity index (χ1v) is 9.15. The molecule has 5 heteroatoms. The zero-order valence-corrected chi connectivity index (χ0v) is 14.2. The van der Waals surface area contributed by atoms with Crippen molar-refractivity contribution < 1.29 is 0 Å². The Bertz CT molecular complexity index is 794. The number of nitrogens with zero attached hydrogens (tertiary/aromatic N) is 2. The van der Waals surface area contributed by atoms with E-state index in [-0.39, 0.29) is 0 Å². The highest BCUT2D eigenvalue weighted by Crippen LogP contribution is 2.31. The number of anilines is 2. The Morgan fingerprint density at radius 1 is 1.12 bits per heavy atom. The van der Waals surface area contributed by atoms with Gasteiger partial charge in [-0.15, -0.1) is 0 Å². The fourth-order valence-corrected chi connectivity index (χ4v) is 3.91. The minimum atomic E-state index is 0.582.